The molecule has 0 N–H and O–H groups in total. The largest absolute Gasteiger partial charge is 0.497 e. The number of thioether (sulfide) groups is 1. The zero-order valence-electron chi connectivity index (χ0n) is 14.9. The maximum absolute atomic E-state index is 5.23. The Labute approximate surface area is 166 Å². The van der Waals surface area contributed by atoms with Crippen molar-refractivity contribution < 1.29 is 4.74 Å². The van der Waals surface area contributed by atoms with E-state index in [2.05, 4.69) is 62.6 Å². The van der Waals surface area contributed by atoms with Crippen LogP contribution in [-0.4, -0.2) is 21.9 Å². The summed E-state index contributed by atoms with van der Waals surface area (Å²) >= 11 is 3.39. The lowest BCUT2D eigenvalue weighted by atomic mass is 10.2. The number of hydrogen-bond acceptors (Lipinski definition) is 5. The molecule has 0 fully saturated rings. The third kappa shape index (κ3) is 4.23. The van der Waals surface area contributed by atoms with Crippen molar-refractivity contribution in [3.8, 4) is 16.5 Å². The Morgan fingerprint density at radius 3 is 2.44 bits per heavy atom. The molecule has 4 rings (SSSR count). The van der Waals surface area contributed by atoms with Crippen LogP contribution >= 0.6 is 23.1 Å². The van der Waals surface area contributed by atoms with E-state index in [1.165, 1.54) is 11.1 Å². The van der Waals surface area contributed by atoms with Gasteiger partial charge in [0, 0.05) is 5.75 Å². The molecule has 0 radical (unpaired) electrons. The molecular formula is C21H19N3OS2. The fraction of sp³-hybridized carbons (Fsp3) is 0.143. The van der Waals surface area contributed by atoms with Crippen LogP contribution in [0.25, 0.3) is 10.7 Å². The van der Waals surface area contributed by atoms with Gasteiger partial charge >= 0.3 is 0 Å². The van der Waals surface area contributed by atoms with Crippen molar-refractivity contribution in [1.82, 2.24) is 14.8 Å². The van der Waals surface area contributed by atoms with Gasteiger partial charge in [-0.3, -0.25) is 4.57 Å². The number of benzene rings is 2. The second-order valence-electron chi connectivity index (χ2n) is 5.99. The van der Waals surface area contributed by atoms with E-state index >= 15 is 0 Å². The van der Waals surface area contributed by atoms with Crippen LogP contribution in [0.15, 0.2) is 77.3 Å². The van der Waals surface area contributed by atoms with Gasteiger partial charge < -0.3 is 4.74 Å². The molecule has 2 aromatic heterocycles. The van der Waals surface area contributed by atoms with Gasteiger partial charge in [0.25, 0.3) is 0 Å². The minimum absolute atomic E-state index is 0.756. The zero-order chi connectivity index (χ0) is 18.5. The fourth-order valence-corrected chi connectivity index (χ4v) is 4.37. The van der Waals surface area contributed by atoms with Crippen LogP contribution in [0, 0.1) is 0 Å². The highest BCUT2D eigenvalue weighted by atomic mass is 32.2. The molecule has 0 aliphatic carbocycles. The van der Waals surface area contributed by atoms with Crippen molar-refractivity contribution in [2.75, 3.05) is 7.11 Å². The van der Waals surface area contributed by atoms with E-state index in [9.17, 15) is 0 Å². The SMILES string of the molecule is COc1ccc(CSc2nnc(-c3cccs3)n2Cc2ccccc2)cc1. The second-order valence-corrected chi connectivity index (χ2v) is 7.88. The zero-order valence-corrected chi connectivity index (χ0v) is 16.5. The van der Waals surface area contributed by atoms with E-state index in [0.717, 1.165) is 33.9 Å². The van der Waals surface area contributed by atoms with Gasteiger partial charge in [0.15, 0.2) is 11.0 Å². The van der Waals surface area contributed by atoms with Crippen LogP contribution in [0.4, 0.5) is 0 Å². The first-order valence-electron chi connectivity index (χ1n) is 8.60. The average molecular weight is 394 g/mol. The first kappa shape index (κ1) is 17.8. The molecule has 0 saturated heterocycles. The lowest BCUT2D eigenvalue weighted by Gasteiger charge is -2.10. The standard InChI is InChI=1S/C21H19N3OS2/c1-25-18-11-9-17(10-12-18)15-27-21-23-22-20(19-8-5-13-26-19)24(21)14-16-6-3-2-4-7-16/h2-13H,14-15H2,1H3. The van der Waals surface area contributed by atoms with Crippen LogP contribution in [0.2, 0.25) is 0 Å². The molecule has 0 bridgehead atoms. The van der Waals surface area contributed by atoms with Crippen molar-refractivity contribution in [2.24, 2.45) is 0 Å². The van der Waals surface area contributed by atoms with E-state index < -0.39 is 0 Å². The molecule has 27 heavy (non-hydrogen) atoms. The Kier molecular flexibility index (Phi) is 5.55. The summed E-state index contributed by atoms with van der Waals surface area (Å²) in [5.41, 5.74) is 2.47. The molecule has 2 aromatic carbocycles. The second kappa shape index (κ2) is 8.41. The fourth-order valence-electron chi connectivity index (χ4n) is 2.76. The highest BCUT2D eigenvalue weighted by Crippen LogP contribution is 2.30. The number of nitrogens with zero attached hydrogens (tertiary/aromatic N) is 3. The summed E-state index contributed by atoms with van der Waals surface area (Å²) in [6.45, 7) is 0.756. The van der Waals surface area contributed by atoms with Gasteiger partial charge in [0.2, 0.25) is 0 Å². The van der Waals surface area contributed by atoms with Crippen LogP contribution in [-0.2, 0) is 12.3 Å². The molecule has 4 aromatic rings. The Hall–Kier alpha value is -2.57. The monoisotopic (exact) mass is 393 g/mol. The van der Waals surface area contributed by atoms with Gasteiger partial charge in [0.1, 0.15) is 5.75 Å². The van der Waals surface area contributed by atoms with Gasteiger partial charge in [-0.1, -0.05) is 60.3 Å². The lowest BCUT2D eigenvalue weighted by Crippen LogP contribution is -2.03. The van der Waals surface area contributed by atoms with E-state index in [4.69, 9.17) is 4.74 Å². The third-order valence-corrected chi connectivity index (χ3v) is 6.07. The Morgan fingerprint density at radius 1 is 0.926 bits per heavy atom. The molecule has 0 atom stereocenters. The predicted octanol–water partition coefficient (Wildman–Crippen LogP) is 5.36. The third-order valence-electron chi connectivity index (χ3n) is 4.17. The summed E-state index contributed by atoms with van der Waals surface area (Å²) in [7, 11) is 1.68. The molecule has 0 aliphatic rings. The number of hydrogen-bond donors (Lipinski definition) is 0. The van der Waals surface area contributed by atoms with Gasteiger partial charge in [-0.15, -0.1) is 21.5 Å². The van der Waals surface area contributed by atoms with Crippen LogP contribution in [0.5, 0.6) is 5.75 Å². The quantitative estimate of drug-likeness (QED) is 0.397. The smallest absolute Gasteiger partial charge is 0.192 e. The number of thiophene rings is 1. The van der Waals surface area contributed by atoms with Crippen LogP contribution < -0.4 is 4.74 Å². The molecule has 6 heteroatoms. The molecule has 0 amide bonds. The normalized spacial score (nSPS) is 10.9. The summed E-state index contributed by atoms with van der Waals surface area (Å²) < 4.78 is 7.43. The maximum atomic E-state index is 5.23. The summed E-state index contributed by atoms with van der Waals surface area (Å²) in [6.07, 6.45) is 0. The predicted molar refractivity (Wildman–Crippen MR) is 111 cm³/mol. The van der Waals surface area contributed by atoms with Crippen molar-refractivity contribution in [3.05, 3.63) is 83.2 Å². The average Bonchev–Trinajstić information content (AvgIpc) is 3.38. The van der Waals surface area contributed by atoms with Gasteiger partial charge in [-0.2, -0.15) is 0 Å². The van der Waals surface area contributed by atoms with Crippen LogP contribution in [0.3, 0.4) is 0 Å². The summed E-state index contributed by atoms with van der Waals surface area (Å²) in [5, 5.41) is 12.0. The molecule has 0 saturated carbocycles. The molecular weight excluding hydrogens is 374 g/mol. The molecule has 2 heterocycles. The number of methoxy groups -OCH3 is 1. The van der Waals surface area contributed by atoms with E-state index in [1.54, 1.807) is 30.2 Å². The molecule has 4 nitrogen and oxygen atoms in total. The minimum atomic E-state index is 0.756. The maximum Gasteiger partial charge on any atom is 0.192 e. The van der Waals surface area contributed by atoms with E-state index in [1.807, 2.05) is 24.3 Å². The number of aromatic nitrogens is 3. The minimum Gasteiger partial charge on any atom is -0.497 e. The lowest BCUT2D eigenvalue weighted by molar-refractivity contribution is 0.414. The van der Waals surface area contributed by atoms with Gasteiger partial charge in [-0.05, 0) is 34.7 Å². The van der Waals surface area contributed by atoms with E-state index in [-0.39, 0.29) is 0 Å². The van der Waals surface area contributed by atoms with Crippen molar-refractivity contribution >= 4 is 23.1 Å². The highest BCUT2D eigenvalue weighted by Gasteiger charge is 2.15. The van der Waals surface area contributed by atoms with Gasteiger partial charge in [-0.25, -0.2) is 0 Å². The molecule has 0 unspecified atom stereocenters. The summed E-state index contributed by atoms with van der Waals surface area (Å²) in [6, 6.07) is 22.7. The summed E-state index contributed by atoms with van der Waals surface area (Å²) in [4.78, 5) is 1.13. The summed E-state index contributed by atoms with van der Waals surface area (Å²) in [5.74, 6) is 2.63. The highest BCUT2D eigenvalue weighted by molar-refractivity contribution is 7.98. The first-order chi connectivity index (χ1) is 13.3. The molecule has 0 aliphatic heterocycles. The Bertz CT molecular complexity index is 980. The van der Waals surface area contributed by atoms with Crippen molar-refractivity contribution in [3.63, 3.8) is 0 Å². The van der Waals surface area contributed by atoms with Crippen LogP contribution in [0.1, 0.15) is 11.1 Å². The van der Waals surface area contributed by atoms with Crippen molar-refractivity contribution in [1.29, 1.82) is 0 Å². The Morgan fingerprint density at radius 2 is 1.74 bits per heavy atom. The first-order valence-corrected chi connectivity index (χ1v) is 10.5. The number of ether oxygens (including phenoxy) is 1. The molecule has 0 spiro atoms. The Balaban J connectivity index is 1.59. The van der Waals surface area contributed by atoms with E-state index in [0.29, 0.717) is 0 Å². The van der Waals surface area contributed by atoms with Crippen molar-refractivity contribution in [2.45, 2.75) is 17.5 Å². The number of rotatable bonds is 7. The molecule has 136 valence electrons. The topological polar surface area (TPSA) is 39.9 Å². The van der Waals surface area contributed by atoms with Gasteiger partial charge in [0.05, 0.1) is 18.5 Å².